The number of ketones is 1. The topological polar surface area (TPSA) is 68.9 Å². The van der Waals surface area contributed by atoms with Gasteiger partial charge in [0.2, 0.25) is 0 Å². The lowest BCUT2D eigenvalue weighted by Crippen LogP contribution is -2.06. The molecule has 0 atom stereocenters. The number of carbonyl (C=O) groups excluding carboxylic acids is 1. The fourth-order valence-electron chi connectivity index (χ4n) is 2.17. The largest absolute Gasteiger partial charge is 0.398 e. The summed E-state index contributed by atoms with van der Waals surface area (Å²) in [5.74, 6) is -0.0983. The zero-order chi connectivity index (χ0) is 14.7. The van der Waals surface area contributed by atoms with Crippen molar-refractivity contribution < 1.29 is 4.79 Å². The van der Waals surface area contributed by atoms with E-state index in [-0.39, 0.29) is 5.78 Å². The summed E-state index contributed by atoms with van der Waals surface area (Å²) in [6.45, 7) is 0. The molecule has 0 saturated heterocycles. The zero-order valence-electron chi connectivity index (χ0n) is 11.2. The van der Waals surface area contributed by atoms with Gasteiger partial charge in [-0.2, -0.15) is 0 Å². The van der Waals surface area contributed by atoms with E-state index < -0.39 is 0 Å². The Kier molecular flexibility index (Phi) is 3.43. The highest BCUT2D eigenvalue weighted by Crippen LogP contribution is 2.28. The third-order valence-corrected chi connectivity index (χ3v) is 3.23. The highest BCUT2D eigenvalue weighted by Gasteiger charge is 2.15. The average molecular weight is 275 g/mol. The van der Waals surface area contributed by atoms with E-state index in [9.17, 15) is 4.79 Å². The highest BCUT2D eigenvalue weighted by atomic mass is 16.1. The lowest BCUT2D eigenvalue weighted by Gasteiger charge is -2.09. The number of aromatic nitrogens is 2. The van der Waals surface area contributed by atoms with Crippen molar-refractivity contribution >= 4 is 11.5 Å². The van der Waals surface area contributed by atoms with E-state index in [1.54, 1.807) is 42.9 Å². The van der Waals surface area contributed by atoms with Crippen LogP contribution in [0.3, 0.4) is 0 Å². The van der Waals surface area contributed by atoms with Crippen molar-refractivity contribution in [3.05, 3.63) is 78.2 Å². The minimum Gasteiger partial charge on any atom is -0.398 e. The lowest BCUT2D eigenvalue weighted by molar-refractivity contribution is 0.103. The number of rotatable bonds is 3. The van der Waals surface area contributed by atoms with Crippen LogP contribution in [0.5, 0.6) is 0 Å². The minimum atomic E-state index is -0.0983. The zero-order valence-corrected chi connectivity index (χ0v) is 11.2. The predicted octanol–water partition coefficient (Wildman–Crippen LogP) is 2.96. The molecule has 4 nitrogen and oxygen atoms in total. The Labute approximate surface area is 122 Å². The standard InChI is InChI=1S/C17H13N3O/c18-16-13(15-11-19-9-10-20-15)7-4-8-14(16)17(21)12-5-2-1-3-6-12/h1-11H,18H2. The van der Waals surface area contributed by atoms with Gasteiger partial charge in [0.05, 0.1) is 17.6 Å². The van der Waals surface area contributed by atoms with E-state index in [4.69, 9.17) is 5.73 Å². The molecule has 102 valence electrons. The molecular weight excluding hydrogens is 262 g/mol. The van der Waals surface area contributed by atoms with Crippen molar-refractivity contribution in [1.82, 2.24) is 9.97 Å². The first-order chi connectivity index (χ1) is 10.3. The van der Waals surface area contributed by atoms with Gasteiger partial charge in [-0.15, -0.1) is 0 Å². The molecule has 3 rings (SSSR count). The minimum absolute atomic E-state index is 0.0983. The molecule has 0 aliphatic heterocycles. The molecule has 3 aromatic rings. The van der Waals surface area contributed by atoms with Gasteiger partial charge in [0.15, 0.2) is 5.78 Å². The van der Waals surface area contributed by atoms with Crippen LogP contribution < -0.4 is 5.73 Å². The monoisotopic (exact) mass is 275 g/mol. The number of anilines is 1. The lowest BCUT2D eigenvalue weighted by atomic mass is 9.98. The third kappa shape index (κ3) is 2.51. The second-order valence-corrected chi connectivity index (χ2v) is 4.55. The molecule has 2 N–H and O–H groups in total. The first kappa shape index (κ1) is 13.0. The highest BCUT2D eigenvalue weighted by molar-refractivity contribution is 6.13. The Morgan fingerprint density at radius 1 is 0.952 bits per heavy atom. The van der Waals surface area contributed by atoms with Crippen molar-refractivity contribution in [1.29, 1.82) is 0 Å². The van der Waals surface area contributed by atoms with Crippen molar-refractivity contribution in [2.75, 3.05) is 5.73 Å². The number of carbonyl (C=O) groups is 1. The summed E-state index contributed by atoms with van der Waals surface area (Å²) >= 11 is 0. The van der Waals surface area contributed by atoms with Gasteiger partial charge < -0.3 is 5.73 Å². The second-order valence-electron chi connectivity index (χ2n) is 4.55. The van der Waals surface area contributed by atoms with Crippen LogP contribution in [0.1, 0.15) is 15.9 Å². The van der Waals surface area contributed by atoms with Gasteiger partial charge in [0.1, 0.15) is 0 Å². The number of nitrogens with two attached hydrogens (primary N) is 1. The maximum absolute atomic E-state index is 12.5. The van der Waals surface area contributed by atoms with E-state index in [0.717, 1.165) is 0 Å². The van der Waals surface area contributed by atoms with Crippen molar-refractivity contribution in [3.8, 4) is 11.3 Å². The van der Waals surface area contributed by atoms with Gasteiger partial charge >= 0.3 is 0 Å². The van der Waals surface area contributed by atoms with Gasteiger partial charge in [-0.05, 0) is 6.07 Å². The third-order valence-electron chi connectivity index (χ3n) is 3.23. The second kappa shape index (κ2) is 5.54. The quantitative estimate of drug-likeness (QED) is 0.589. The summed E-state index contributed by atoms with van der Waals surface area (Å²) in [7, 11) is 0. The summed E-state index contributed by atoms with van der Waals surface area (Å²) in [5.41, 5.74) is 9.04. The molecule has 4 heteroatoms. The van der Waals surface area contributed by atoms with Crippen LogP contribution >= 0.6 is 0 Å². The number of benzene rings is 2. The normalized spacial score (nSPS) is 10.3. The Balaban J connectivity index is 2.08. The maximum Gasteiger partial charge on any atom is 0.195 e. The molecule has 0 fully saturated rings. The number of para-hydroxylation sites is 1. The van der Waals surface area contributed by atoms with E-state index in [2.05, 4.69) is 9.97 Å². The van der Waals surface area contributed by atoms with E-state index in [0.29, 0.717) is 28.1 Å². The predicted molar refractivity (Wildman–Crippen MR) is 81.8 cm³/mol. The summed E-state index contributed by atoms with van der Waals surface area (Å²) in [6, 6.07) is 14.4. The molecule has 21 heavy (non-hydrogen) atoms. The first-order valence-corrected chi connectivity index (χ1v) is 6.52. The van der Waals surface area contributed by atoms with Crippen molar-refractivity contribution in [2.24, 2.45) is 0 Å². The van der Waals surface area contributed by atoms with Crippen LogP contribution in [-0.4, -0.2) is 15.8 Å². The van der Waals surface area contributed by atoms with Crippen LogP contribution in [-0.2, 0) is 0 Å². The molecule has 1 aromatic heterocycles. The molecule has 0 radical (unpaired) electrons. The molecular formula is C17H13N3O. The van der Waals surface area contributed by atoms with Crippen LogP contribution in [0.25, 0.3) is 11.3 Å². The van der Waals surface area contributed by atoms with Crippen LogP contribution in [0, 0.1) is 0 Å². The number of hydrogen-bond donors (Lipinski definition) is 1. The smallest absolute Gasteiger partial charge is 0.195 e. The van der Waals surface area contributed by atoms with Crippen molar-refractivity contribution in [2.45, 2.75) is 0 Å². The van der Waals surface area contributed by atoms with Gasteiger partial charge in [0.25, 0.3) is 0 Å². The average Bonchev–Trinajstić information content (AvgIpc) is 2.56. The Hall–Kier alpha value is -3.01. The summed E-state index contributed by atoms with van der Waals surface area (Å²) in [4.78, 5) is 20.8. The summed E-state index contributed by atoms with van der Waals surface area (Å²) in [6.07, 6.45) is 4.82. The Morgan fingerprint density at radius 2 is 1.76 bits per heavy atom. The number of nitrogens with zero attached hydrogens (tertiary/aromatic N) is 2. The van der Waals surface area contributed by atoms with E-state index >= 15 is 0 Å². The van der Waals surface area contributed by atoms with Crippen LogP contribution in [0.2, 0.25) is 0 Å². The number of nitrogen functional groups attached to an aromatic ring is 1. The van der Waals surface area contributed by atoms with Crippen LogP contribution in [0.4, 0.5) is 5.69 Å². The molecule has 0 spiro atoms. The molecule has 0 saturated carbocycles. The van der Waals surface area contributed by atoms with E-state index in [1.807, 2.05) is 24.3 Å². The van der Waals surface area contributed by atoms with Crippen molar-refractivity contribution in [3.63, 3.8) is 0 Å². The first-order valence-electron chi connectivity index (χ1n) is 6.52. The van der Waals surface area contributed by atoms with Gasteiger partial charge in [-0.3, -0.25) is 14.8 Å². The van der Waals surface area contributed by atoms with E-state index in [1.165, 1.54) is 0 Å². The van der Waals surface area contributed by atoms with Gasteiger partial charge in [0, 0.05) is 29.1 Å². The number of hydrogen-bond acceptors (Lipinski definition) is 4. The molecule has 2 aromatic carbocycles. The Morgan fingerprint density at radius 3 is 2.48 bits per heavy atom. The van der Waals surface area contributed by atoms with Gasteiger partial charge in [-0.1, -0.05) is 42.5 Å². The van der Waals surface area contributed by atoms with Crippen LogP contribution in [0.15, 0.2) is 67.1 Å². The fourth-order valence-corrected chi connectivity index (χ4v) is 2.17. The molecule has 0 aliphatic carbocycles. The maximum atomic E-state index is 12.5. The van der Waals surface area contributed by atoms with Gasteiger partial charge in [-0.25, -0.2) is 0 Å². The SMILES string of the molecule is Nc1c(C(=O)c2ccccc2)cccc1-c1cnccn1. The summed E-state index contributed by atoms with van der Waals surface area (Å²) in [5, 5.41) is 0. The molecule has 1 heterocycles. The fraction of sp³-hybridized carbons (Fsp3) is 0. The molecule has 0 aliphatic rings. The Bertz CT molecular complexity index is 771. The summed E-state index contributed by atoms with van der Waals surface area (Å²) < 4.78 is 0. The molecule has 0 bridgehead atoms. The molecule has 0 amide bonds. The molecule has 0 unspecified atom stereocenters.